The van der Waals surface area contributed by atoms with Gasteiger partial charge in [0.25, 0.3) is 0 Å². The Hall–Kier alpha value is -1.81. The third-order valence-corrected chi connectivity index (χ3v) is 2.72. The first kappa shape index (κ1) is 8.49. The van der Waals surface area contributed by atoms with Crippen molar-refractivity contribution in [1.82, 2.24) is 14.4 Å². The van der Waals surface area contributed by atoms with E-state index in [0.717, 1.165) is 15.5 Å². The fraction of sp³-hybridized carbons (Fsp3) is 0. The van der Waals surface area contributed by atoms with Gasteiger partial charge in [0.05, 0.1) is 5.52 Å². The van der Waals surface area contributed by atoms with Crippen molar-refractivity contribution < 1.29 is 0 Å². The Balaban J connectivity index is 2.66. The second-order valence-corrected chi connectivity index (χ2v) is 3.61. The van der Waals surface area contributed by atoms with E-state index in [-0.39, 0.29) is 0 Å². The summed E-state index contributed by atoms with van der Waals surface area (Å²) in [6, 6.07) is 9.68. The Labute approximate surface area is 91.0 Å². The minimum Gasteiger partial charge on any atom is -0.276 e. The minimum absolute atomic E-state index is 0.640. The maximum Gasteiger partial charge on any atom is 0.235 e. The van der Waals surface area contributed by atoms with Crippen molar-refractivity contribution in [2.24, 2.45) is 0 Å². The Kier molecular flexibility index (Phi) is 1.76. The molecule has 2 aromatic heterocycles. The minimum atomic E-state index is 0.640. The van der Waals surface area contributed by atoms with Gasteiger partial charge in [-0.2, -0.15) is 0 Å². The van der Waals surface area contributed by atoms with Crippen LogP contribution >= 0.6 is 12.2 Å². The van der Waals surface area contributed by atoms with Crippen LogP contribution in [0, 0.1) is 4.64 Å². The molecule has 72 valence electrons. The zero-order valence-corrected chi connectivity index (χ0v) is 8.61. The lowest BCUT2D eigenvalue weighted by Gasteiger charge is -2.02. The van der Waals surface area contributed by atoms with Gasteiger partial charge in [-0.1, -0.05) is 24.4 Å². The van der Waals surface area contributed by atoms with Gasteiger partial charge in [0.1, 0.15) is 4.64 Å². The van der Waals surface area contributed by atoms with Crippen LogP contribution in [0.15, 0.2) is 42.7 Å². The van der Waals surface area contributed by atoms with E-state index in [4.69, 9.17) is 12.2 Å². The number of aromatic nitrogens is 3. The van der Waals surface area contributed by atoms with E-state index in [1.165, 1.54) is 0 Å². The van der Waals surface area contributed by atoms with Crippen molar-refractivity contribution in [3.63, 3.8) is 0 Å². The molecule has 0 spiro atoms. The normalized spacial score (nSPS) is 10.9. The van der Waals surface area contributed by atoms with Crippen LogP contribution in [0.5, 0.6) is 0 Å². The molecule has 0 unspecified atom stereocenters. The summed E-state index contributed by atoms with van der Waals surface area (Å²) in [4.78, 5) is 8.60. The molecule has 0 fully saturated rings. The van der Waals surface area contributed by atoms with Gasteiger partial charge in [-0.05, 0) is 18.2 Å². The summed E-state index contributed by atoms with van der Waals surface area (Å²) >= 11 is 5.38. The van der Waals surface area contributed by atoms with Gasteiger partial charge in [-0.3, -0.25) is 4.40 Å². The van der Waals surface area contributed by atoms with Crippen molar-refractivity contribution in [2.45, 2.75) is 0 Å². The third kappa shape index (κ3) is 1.22. The molecular weight excluding hydrogens is 206 g/mol. The molecule has 4 heteroatoms. The number of fused-ring (bicyclic) bond motifs is 2. The van der Waals surface area contributed by atoms with E-state index in [1.807, 2.05) is 40.9 Å². The van der Waals surface area contributed by atoms with Crippen LogP contribution in [-0.4, -0.2) is 14.4 Å². The fourth-order valence-electron chi connectivity index (χ4n) is 1.59. The first-order valence-electron chi connectivity index (χ1n) is 4.58. The number of benzene rings is 1. The second-order valence-electron chi connectivity index (χ2n) is 3.22. The highest BCUT2D eigenvalue weighted by atomic mass is 32.1. The zero-order chi connectivity index (χ0) is 10.3. The quantitative estimate of drug-likeness (QED) is 0.425. The summed E-state index contributed by atoms with van der Waals surface area (Å²) in [5, 5.41) is 0.984. The molecule has 0 aliphatic heterocycles. The van der Waals surface area contributed by atoms with Gasteiger partial charge in [0.15, 0.2) is 0 Å². The maximum atomic E-state index is 5.38. The highest BCUT2D eigenvalue weighted by Gasteiger charge is 2.00. The lowest BCUT2D eigenvalue weighted by atomic mass is 10.2. The Morgan fingerprint density at radius 2 is 2.00 bits per heavy atom. The van der Waals surface area contributed by atoms with Crippen LogP contribution < -0.4 is 0 Å². The molecule has 0 saturated carbocycles. The smallest absolute Gasteiger partial charge is 0.235 e. The molecule has 2 heterocycles. The van der Waals surface area contributed by atoms with Gasteiger partial charge in [-0.15, -0.1) is 0 Å². The maximum absolute atomic E-state index is 5.38. The molecule has 0 atom stereocenters. The summed E-state index contributed by atoms with van der Waals surface area (Å²) in [5.74, 6) is 0.640. The summed E-state index contributed by atoms with van der Waals surface area (Å²) < 4.78 is 2.57. The Morgan fingerprint density at radius 3 is 2.93 bits per heavy atom. The van der Waals surface area contributed by atoms with Crippen LogP contribution in [0.1, 0.15) is 0 Å². The monoisotopic (exact) mass is 213 g/mol. The molecule has 15 heavy (non-hydrogen) atoms. The van der Waals surface area contributed by atoms with Crippen molar-refractivity contribution >= 4 is 28.9 Å². The summed E-state index contributed by atoms with van der Waals surface area (Å²) in [5.41, 5.74) is 0.890. The average molecular weight is 213 g/mol. The van der Waals surface area contributed by atoms with Gasteiger partial charge >= 0.3 is 0 Å². The van der Waals surface area contributed by atoms with Crippen molar-refractivity contribution in [3.8, 4) is 0 Å². The number of rotatable bonds is 0. The van der Waals surface area contributed by atoms with E-state index < -0.39 is 0 Å². The van der Waals surface area contributed by atoms with E-state index in [0.29, 0.717) is 5.78 Å². The summed E-state index contributed by atoms with van der Waals surface area (Å²) in [6.45, 7) is 0. The molecule has 3 nitrogen and oxygen atoms in total. The Bertz CT molecular complexity index is 646. The van der Waals surface area contributed by atoms with Crippen LogP contribution in [-0.2, 0) is 0 Å². The first-order chi connectivity index (χ1) is 7.36. The highest BCUT2D eigenvalue weighted by Crippen LogP contribution is 2.13. The van der Waals surface area contributed by atoms with Crippen LogP contribution in [0.3, 0.4) is 0 Å². The van der Waals surface area contributed by atoms with Gasteiger partial charge in [0.2, 0.25) is 5.78 Å². The molecule has 0 aliphatic rings. The SMILES string of the molecule is S=c1c2ccccc2nc2ncccn12. The van der Waals surface area contributed by atoms with E-state index in [2.05, 4.69) is 9.97 Å². The molecule has 0 saturated heterocycles. The molecule has 0 bridgehead atoms. The van der Waals surface area contributed by atoms with E-state index >= 15 is 0 Å². The molecule has 0 aliphatic carbocycles. The number of hydrogen-bond donors (Lipinski definition) is 0. The standard InChI is InChI=1S/C11H7N3S/c15-10-8-4-1-2-5-9(8)13-11-12-6-3-7-14(10)11/h1-7H. The van der Waals surface area contributed by atoms with Crippen LogP contribution in [0.4, 0.5) is 0 Å². The van der Waals surface area contributed by atoms with Crippen LogP contribution in [0.25, 0.3) is 16.7 Å². The lowest BCUT2D eigenvalue weighted by Crippen LogP contribution is -1.96. The molecular formula is C11H7N3S. The van der Waals surface area contributed by atoms with Crippen molar-refractivity contribution in [2.75, 3.05) is 0 Å². The molecule has 0 amide bonds. The fourth-order valence-corrected chi connectivity index (χ4v) is 1.91. The summed E-state index contributed by atoms with van der Waals surface area (Å²) in [7, 11) is 0. The second kappa shape index (κ2) is 3.10. The molecule has 3 aromatic rings. The Morgan fingerprint density at radius 1 is 1.13 bits per heavy atom. The molecule has 1 aromatic carbocycles. The van der Waals surface area contributed by atoms with Gasteiger partial charge < -0.3 is 0 Å². The molecule has 3 rings (SSSR count). The zero-order valence-electron chi connectivity index (χ0n) is 7.79. The lowest BCUT2D eigenvalue weighted by molar-refractivity contribution is 1.05. The van der Waals surface area contributed by atoms with Gasteiger partial charge in [0, 0.05) is 17.8 Å². The van der Waals surface area contributed by atoms with Crippen molar-refractivity contribution in [1.29, 1.82) is 0 Å². The predicted octanol–water partition coefficient (Wildman–Crippen LogP) is 2.61. The van der Waals surface area contributed by atoms with Gasteiger partial charge in [-0.25, -0.2) is 9.97 Å². The predicted molar refractivity (Wildman–Crippen MR) is 61.3 cm³/mol. The molecule has 0 radical (unpaired) electrons. The number of para-hydroxylation sites is 1. The largest absolute Gasteiger partial charge is 0.276 e. The van der Waals surface area contributed by atoms with Crippen LogP contribution in [0.2, 0.25) is 0 Å². The summed E-state index contributed by atoms with van der Waals surface area (Å²) in [6.07, 6.45) is 3.59. The first-order valence-corrected chi connectivity index (χ1v) is 4.99. The average Bonchev–Trinajstić information content (AvgIpc) is 2.30. The highest BCUT2D eigenvalue weighted by molar-refractivity contribution is 7.71. The molecule has 0 N–H and O–H groups in total. The van der Waals surface area contributed by atoms with E-state index in [9.17, 15) is 0 Å². The topological polar surface area (TPSA) is 30.2 Å². The number of nitrogens with zero attached hydrogens (tertiary/aromatic N) is 3. The third-order valence-electron chi connectivity index (χ3n) is 2.30. The number of hydrogen-bond acceptors (Lipinski definition) is 3. The van der Waals surface area contributed by atoms with E-state index in [1.54, 1.807) is 6.20 Å². The van der Waals surface area contributed by atoms with Crippen molar-refractivity contribution in [3.05, 3.63) is 47.4 Å².